The molecule has 4 nitrogen and oxygen atoms in total. The molecule has 0 radical (unpaired) electrons. The molecule has 0 saturated carbocycles. The third kappa shape index (κ3) is 2.87. The van der Waals surface area contributed by atoms with Gasteiger partial charge in [0.1, 0.15) is 17.0 Å². The molecule has 90 valence electrons. The number of nitrogens with one attached hydrogen (secondary N) is 1. The van der Waals surface area contributed by atoms with Gasteiger partial charge in [0.25, 0.3) is 0 Å². The van der Waals surface area contributed by atoms with Crippen molar-refractivity contribution in [2.75, 3.05) is 6.54 Å². The molecule has 0 atom stereocenters. The van der Waals surface area contributed by atoms with Crippen LogP contribution in [0.5, 0.6) is 0 Å². The van der Waals surface area contributed by atoms with E-state index in [2.05, 4.69) is 34.1 Å². The zero-order chi connectivity index (χ0) is 12.1. The minimum atomic E-state index is 0.891. The summed E-state index contributed by atoms with van der Waals surface area (Å²) >= 11 is 1.71. The topological polar surface area (TPSA) is 50.7 Å². The number of nitrogens with zero attached hydrogens (tertiary/aromatic N) is 3. The zero-order valence-electron chi connectivity index (χ0n) is 10.1. The Hall–Kier alpha value is -1.33. The summed E-state index contributed by atoms with van der Waals surface area (Å²) in [6, 6.07) is 1.90. The molecule has 2 heterocycles. The molecule has 0 aliphatic heterocycles. The van der Waals surface area contributed by atoms with Gasteiger partial charge in [-0.05, 0) is 19.0 Å². The van der Waals surface area contributed by atoms with Crippen LogP contribution in [0.4, 0.5) is 0 Å². The Bertz CT molecular complexity index is 467. The first kappa shape index (κ1) is 12.1. The minimum absolute atomic E-state index is 0.891. The van der Waals surface area contributed by atoms with Crippen molar-refractivity contribution in [1.82, 2.24) is 20.3 Å². The van der Waals surface area contributed by atoms with E-state index in [4.69, 9.17) is 0 Å². The van der Waals surface area contributed by atoms with Crippen molar-refractivity contribution in [1.29, 1.82) is 0 Å². The Morgan fingerprint density at radius 1 is 1.35 bits per heavy atom. The molecular weight excluding hydrogens is 232 g/mol. The molecule has 0 fully saturated rings. The highest BCUT2D eigenvalue weighted by Crippen LogP contribution is 2.26. The number of aromatic nitrogens is 3. The maximum atomic E-state index is 4.64. The van der Waals surface area contributed by atoms with Gasteiger partial charge in [-0.2, -0.15) is 0 Å². The minimum Gasteiger partial charge on any atom is -0.312 e. The maximum absolute atomic E-state index is 4.64. The summed E-state index contributed by atoms with van der Waals surface area (Å²) < 4.78 is 0. The molecule has 0 aromatic carbocycles. The van der Waals surface area contributed by atoms with Crippen molar-refractivity contribution in [3.8, 4) is 10.7 Å². The third-order valence-corrected chi connectivity index (χ3v) is 3.57. The fourth-order valence-electron chi connectivity index (χ4n) is 1.56. The Kier molecular flexibility index (Phi) is 4.17. The molecule has 0 saturated heterocycles. The van der Waals surface area contributed by atoms with Crippen molar-refractivity contribution in [2.24, 2.45) is 0 Å². The Morgan fingerprint density at radius 2 is 2.24 bits per heavy atom. The van der Waals surface area contributed by atoms with Crippen LogP contribution in [0.25, 0.3) is 10.7 Å². The number of hydrogen-bond donors (Lipinski definition) is 1. The lowest BCUT2D eigenvalue weighted by Gasteiger charge is -1.99. The summed E-state index contributed by atoms with van der Waals surface area (Å²) in [5, 5.41) is 4.33. The van der Waals surface area contributed by atoms with Gasteiger partial charge in [0, 0.05) is 17.6 Å². The summed E-state index contributed by atoms with van der Waals surface area (Å²) in [5.41, 5.74) is 2.08. The second-order valence-corrected chi connectivity index (χ2v) is 4.70. The van der Waals surface area contributed by atoms with Gasteiger partial charge in [-0.1, -0.05) is 13.8 Å². The Labute approximate surface area is 105 Å². The van der Waals surface area contributed by atoms with Crippen LogP contribution in [0.3, 0.4) is 0 Å². The van der Waals surface area contributed by atoms with E-state index in [1.165, 1.54) is 10.6 Å². The number of rotatable bonds is 5. The van der Waals surface area contributed by atoms with Gasteiger partial charge >= 0.3 is 0 Å². The quantitative estimate of drug-likeness (QED) is 0.882. The number of hydrogen-bond acceptors (Lipinski definition) is 5. The van der Waals surface area contributed by atoms with E-state index >= 15 is 0 Å². The molecule has 0 amide bonds. The second-order valence-electron chi connectivity index (χ2n) is 3.62. The standard InChI is InChI=1S/C12H16N4S/c1-3-9-11(7-13-4-2)17-12(16-9)10-5-6-14-8-15-10/h5-6,8,13H,3-4,7H2,1-2H3. The van der Waals surface area contributed by atoms with Crippen LogP contribution in [0, 0.1) is 0 Å². The second kappa shape index (κ2) is 5.84. The predicted octanol–water partition coefficient (Wildman–Crippen LogP) is 2.27. The smallest absolute Gasteiger partial charge is 0.142 e. The summed E-state index contributed by atoms with van der Waals surface area (Å²) in [5.74, 6) is 0. The lowest BCUT2D eigenvalue weighted by Crippen LogP contribution is -2.11. The highest BCUT2D eigenvalue weighted by molar-refractivity contribution is 7.15. The monoisotopic (exact) mass is 248 g/mol. The first-order valence-electron chi connectivity index (χ1n) is 5.80. The molecule has 1 N–H and O–H groups in total. The molecular formula is C12H16N4S. The number of thiazole rings is 1. The van der Waals surface area contributed by atoms with Crippen molar-refractivity contribution >= 4 is 11.3 Å². The van der Waals surface area contributed by atoms with E-state index in [0.717, 1.165) is 30.2 Å². The number of aryl methyl sites for hydroxylation is 1. The van der Waals surface area contributed by atoms with E-state index in [9.17, 15) is 0 Å². The average molecular weight is 248 g/mol. The molecule has 2 rings (SSSR count). The Balaban J connectivity index is 2.28. The van der Waals surface area contributed by atoms with E-state index < -0.39 is 0 Å². The highest BCUT2D eigenvalue weighted by Gasteiger charge is 2.11. The van der Waals surface area contributed by atoms with E-state index in [1.54, 1.807) is 23.9 Å². The van der Waals surface area contributed by atoms with E-state index in [0.29, 0.717) is 0 Å². The van der Waals surface area contributed by atoms with E-state index in [-0.39, 0.29) is 0 Å². The van der Waals surface area contributed by atoms with Crippen LogP contribution in [-0.4, -0.2) is 21.5 Å². The summed E-state index contributed by atoms with van der Waals surface area (Å²) in [6.45, 7) is 6.11. The SMILES string of the molecule is CCNCc1sc(-c2ccncn2)nc1CC. The van der Waals surface area contributed by atoms with Crippen LogP contribution in [0.2, 0.25) is 0 Å². The van der Waals surface area contributed by atoms with E-state index in [1.807, 2.05) is 6.07 Å². The third-order valence-electron chi connectivity index (χ3n) is 2.45. The van der Waals surface area contributed by atoms with Crippen LogP contribution in [0.1, 0.15) is 24.4 Å². The summed E-state index contributed by atoms with van der Waals surface area (Å²) in [4.78, 5) is 14.1. The fourth-order valence-corrected chi connectivity index (χ4v) is 2.66. The first-order chi connectivity index (χ1) is 8.35. The van der Waals surface area contributed by atoms with Crippen molar-refractivity contribution in [3.05, 3.63) is 29.2 Å². The highest BCUT2D eigenvalue weighted by atomic mass is 32.1. The maximum Gasteiger partial charge on any atom is 0.142 e. The van der Waals surface area contributed by atoms with Gasteiger partial charge in [-0.15, -0.1) is 11.3 Å². The van der Waals surface area contributed by atoms with Crippen LogP contribution in [-0.2, 0) is 13.0 Å². The summed E-state index contributed by atoms with van der Waals surface area (Å²) in [7, 11) is 0. The molecule has 17 heavy (non-hydrogen) atoms. The normalized spacial score (nSPS) is 10.7. The lowest BCUT2D eigenvalue weighted by atomic mass is 10.3. The largest absolute Gasteiger partial charge is 0.312 e. The molecule has 0 aliphatic carbocycles. The molecule has 2 aromatic heterocycles. The van der Waals surface area contributed by atoms with Crippen LogP contribution >= 0.6 is 11.3 Å². The van der Waals surface area contributed by atoms with Crippen LogP contribution in [0.15, 0.2) is 18.6 Å². The molecule has 0 spiro atoms. The predicted molar refractivity (Wildman–Crippen MR) is 69.9 cm³/mol. The van der Waals surface area contributed by atoms with Gasteiger partial charge in [0.05, 0.1) is 5.69 Å². The van der Waals surface area contributed by atoms with Gasteiger partial charge in [0.2, 0.25) is 0 Å². The molecule has 5 heteroatoms. The fraction of sp³-hybridized carbons (Fsp3) is 0.417. The van der Waals surface area contributed by atoms with Gasteiger partial charge < -0.3 is 5.32 Å². The van der Waals surface area contributed by atoms with Crippen molar-refractivity contribution in [3.63, 3.8) is 0 Å². The zero-order valence-corrected chi connectivity index (χ0v) is 10.9. The van der Waals surface area contributed by atoms with Crippen molar-refractivity contribution < 1.29 is 0 Å². The molecule has 0 bridgehead atoms. The molecule has 2 aromatic rings. The Morgan fingerprint density at radius 3 is 2.88 bits per heavy atom. The molecule has 0 aliphatic rings. The van der Waals surface area contributed by atoms with Gasteiger partial charge in [-0.3, -0.25) is 0 Å². The van der Waals surface area contributed by atoms with Crippen molar-refractivity contribution in [2.45, 2.75) is 26.8 Å². The molecule has 0 unspecified atom stereocenters. The summed E-state index contributed by atoms with van der Waals surface area (Å²) in [6.07, 6.45) is 4.27. The van der Waals surface area contributed by atoms with Crippen LogP contribution < -0.4 is 5.32 Å². The average Bonchev–Trinajstić information content (AvgIpc) is 2.80. The lowest BCUT2D eigenvalue weighted by molar-refractivity contribution is 0.727. The first-order valence-corrected chi connectivity index (χ1v) is 6.62. The van der Waals surface area contributed by atoms with Gasteiger partial charge in [0.15, 0.2) is 0 Å². The van der Waals surface area contributed by atoms with Gasteiger partial charge in [-0.25, -0.2) is 15.0 Å².